The van der Waals surface area contributed by atoms with Crippen LogP contribution in [0, 0.1) is 0 Å². The normalized spacial score (nSPS) is 16.7. The standard InChI is InChI=1S/C58H77Cl4N7O15S2/c1-58(67-54(72)14-15-55(73)74,18-16-52(70)63-20-24-79-28-30-81-26-22-65-85(75,76)42-10-6-40(7-11-42)83-56-46-32-38(59)34-48(61)44(46)36-50(56)68(2)3)19-17-53(71)64-21-25-80-29-31-82-27-23-66-86(77,78)43-12-8-41(9-13-43)84-57-47-33-39(60)35-49(62)45(47)37-51(57)69(4)5/h6-13,32-35,50-51,56-57,65-66H,14-31,36-37H2,1-5H3,(H,63,70)(H,64,71)(H,67,72)(H,73,74)/t50-,51-,56-,57-/m0/s1. The van der Waals surface area contributed by atoms with Crippen LogP contribution in [0.15, 0.2) is 82.6 Å². The smallest absolute Gasteiger partial charge is 0.303 e. The number of likely N-dealkylation sites (N-methyl/N-ethyl adjacent to an activating group) is 2. The Morgan fingerprint density at radius 1 is 0.535 bits per heavy atom. The summed E-state index contributed by atoms with van der Waals surface area (Å²) in [6.45, 7) is 3.24. The second kappa shape index (κ2) is 33.6. The van der Waals surface area contributed by atoms with E-state index in [0.29, 0.717) is 44.4 Å². The number of hydrogen-bond acceptors (Lipinski definition) is 16. The van der Waals surface area contributed by atoms with Gasteiger partial charge in [0.1, 0.15) is 23.7 Å². The third kappa shape index (κ3) is 21.7. The monoisotopic (exact) mass is 1320 g/mol. The number of fused-ring (bicyclic) bond motifs is 2. The zero-order valence-electron chi connectivity index (χ0n) is 48.8. The summed E-state index contributed by atoms with van der Waals surface area (Å²) in [6.07, 6.45) is 0.236. The molecule has 0 radical (unpaired) electrons. The Labute approximate surface area is 523 Å². The number of hydrogen-bond donors (Lipinski definition) is 6. The highest BCUT2D eigenvalue weighted by molar-refractivity contribution is 7.89. The first-order valence-electron chi connectivity index (χ1n) is 28.0. The fraction of sp³-hybridized carbons (Fsp3) is 0.517. The van der Waals surface area contributed by atoms with Gasteiger partial charge in [-0.1, -0.05) is 46.4 Å². The van der Waals surface area contributed by atoms with Crippen molar-refractivity contribution in [1.82, 2.24) is 35.2 Å². The molecule has 0 aromatic heterocycles. The van der Waals surface area contributed by atoms with Crippen molar-refractivity contribution < 1.29 is 69.5 Å². The van der Waals surface area contributed by atoms with Crippen molar-refractivity contribution in [2.75, 3.05) is 107 Å². The maximum atomic E-state index is 13.0. The first kappa shape index (κ1) is 70.2. The van der Waals surface area contributed by atoms with Gasteiger partial charge in [0.2, 0.25) is 37.8 Å². The van der Waals surface area contributed by atoms with Gasteiger partial charge >= 0.3 is 5.97 Å². The fourth-order valence-electron chi connectivity index (χ4n) is 9.77. The van der Waals surface area contributed by atoms with Crippen LogP contribution in [0.4, 0.5) is 0 Å². The average molecular weight is 1320 g/mol. The van der Waals surface area contributed by atoms with E-state index >= 15 is 0 Å². The molecular weight excluding hydrogens is 1240 g/mol. The Hall–Kier alpha value is -4.90. The summed E-state index contributed by atoms with van der Waals surface area (Å²) in [7, 11) is 0.139. The third-order valence-corrected chi connectivity index (χ3v) is 18.5. The zero-order valence-corrected chi connectivity index (χ0v) is 53.4. The van der Waals surface area contributed by atoms with E-state index in [9.17, 15) is 36.0 Å². The molecule has 6 N–H and O–H groups in total. The second-order valence-electron chi connectivity index (χ2n) is 21.3. The van der Waals surface area contributed by atoms with E-state index in [1.807, 2.05) is 40.3 Å². The molecule has 4 aromatic rings. The van der Waals surface area contributed by atoms with Crippen LogP contribution in [-0.2, 0) is 71.0 Å². The average Bonchev–Trinajstić information content (AvgIpc) is 2.49. The number of carboxylic acid groups (broad SMARTS) is 1. The van der Waals surface area contributed by atoms with Gasteiger partial charge in [0.15, 0.2) is 0 Å². The predicted octanol–water partition coefficient (Wildman–Crippen LogP) is 6.37. The number of nitrogens with zero attached hydrogens (tertiary/aromatic N) is 2. The molecule has 0 unspecified atom stereocenters. The van der Waals surface area contributed by atoms with Crippen molar-refractivity contribution in [2.24, 2.45) is 0 Å². The van der Waals surface area contributed by atoms with Crippen LogP contribution in [0.2, 0.25) is 20.1 Å². The van der Waals surface area contributed by atoms with E-state index in [2.05, 4.69) is 35.2 Å². The molecule has 4 atom stereocenters. The zero-order chi connectivity index (χ0) is 62.6. The lowest BCUT2D eigenvalue weighted by Gasteiger charge is -2.31. The number of benzene rings is 4. The molecule has 474 valence electrons. The quantitative estimate of drug-likeness (QED) is 0.0266. The van der Waals surface area contributed by atoms with Crippen LogP contribution in [0.5, 0.6) is 11.5 Å². The molecule has 4 aromatic carbocycles. The number of nitrogens with one attached hydrogen (secondary N) is 5. The van der Waals surface area contributed by atoms with Gasteiger partial charge in [0.05, 0.1) is 81.2 Å². The Bertz CT molecular complexity index is 2960. The molecular formula is C58H77Cl4N7O15S2. The molecule has 0 spiro atoms. The van der Waals surface area contributed by atoms with E-state index in [1.54, 1.807) is 43.3 Å². The molecule has 3 amide bonds. The molecule has 0 fully saturated rings. The van der Waals surface area contributed by atoms with Gasteiger partial charge in [0, 0.05) is 82.2 Å². The number of amides is 3. The first-order valence-corrected chi connectivity index (χ1v) is 32.5. The largest absolute Gasteiger partial charge is 0.484 e. The summed E-state index contributed by atoms with van der Waals surface area (Å²) in [6, 6.07) is 19.4. The molecule has 0 saturated carbocycles. The van der Waals surface area contributed by atoms with Crippen molar-refractivity contribution in [3.05, 3.63) is 115 Å². The number of sulfonamides is 2. The number of carbonyl (C=O) groups is 4. The molecule has 6 rings (SSSR count). The number of rotatable bonds is 38. The minimum atomic E-state index is -3.84. The highest BCUT2D eigenvalue weighted by Crippen LogP contribution is 2.44. The number of carbonyl (C=O) groups excluding carboxylic acids is 3. The van der Waals surface area contributed by atoms with Gasteiger partial charge in [0.25, 0.3) is 0 Å². The van der Waals surface area contributed by atoms with E-state index < -0.39 is 37.5 Å². The first-order chi connectivity index (χ1) is 40.8. The fourth-order valence-corrected chi connectivity index (χ4v) is 13.0. The minimum absolute atomic E-state index is 0.00645. The van der Waals surface area contributed by atoms with Gasteiger partial charge < -0.3 is 59.3 Å². The Morgan fingerprint density at radius 2 is 0.907 bits per heavy atom. The van der Waals surface area contributed by atoms with Crippen LogP contribution in [-0.4, -0.2) is 180 Å². The van der Waals surface area contributed by atoms with E-state index in [4.69, 9.17) is 79.9 Å². The van der Waals surface area contributed by atoms with Crippen molar-refractivity contribution in [3.8, 4) is 11.5 Å². The van der Waals surface area contributed by atoms with Crippen LogP contribution >= 0.6 is 46.4 Å². The highest BCUT2D eigenvalue weighted by Gasteiger charge is 2.39. The predicted molar refractivity (Wildman–Crippen MR) is 326 cm³/mol. The third-order valence-electron chi connectivity index (χ3n) is 14.4. The van der Waals surface area contributed by atoms with Crippen LogP contribution < -0.4 is 34.9 Å². The van der Waals surface area contributed by atoms with E-state index in [-0.39, 0.29) is 163 Å². The number of ether oxygens (including phenoxy) is 6. The summed E-state index contributed by atoms with van der Waals surface area (Å²) >= 11 is 25.6. The van der Waals surface area contributed by atoms with Crippen molar-refractivity contribution in [1.29, 1.82) is 0 Å². The van der Waals surface area contributed by atoms with Crippen LogP contribution in [0.25, 0.3) is 0 Å². The summed E-state index contributed by atoms with van der Waals surface area (Å²) in [5, 5.41) is 19.6. The SMILES string of the molecule is CN(C)[C@H]1Cc2c(Cl)cc(Cl)cc2[C@@H]1Oc1ccc(S(=O)(=O)NCCOCCOCCNC(=O)CCC(C)(CCC(=O)NCCOCCOCCNS(=O)(=O)c2ccc(O[C@H]3c4cc(Cl)cc(Cl)c4C[C@@H]3N(C)C)cc2)NC(=O)CCC(=O)O)cc1. The second-order valence-corrected chi connectivity index (χ2v) is 26.6. The molecule has 22 nitrogen and oxygen atoms in total. The van der Waals surface area contributed by atoms with Crippen molar-refractivity contribution in [3.63, 3.8) is 0 Å². The van der Waals surface area contributed by atoms with Gasteiger partial charge in [-0.05, 0) is 145 Å². The van der Waals surface area contributed by atoms with Gasteiger partial charge in [-0.15, -0.1) is 0 Å². The van der Waals surface area contributed by atoms with Crippen LogP contribution in [0.3, 0.4) is 0 Å². The number of halogens is 4. The van der Waals surface area contributed by atoms with Crippen LogP contribution in [0.1, 0.15) is 79.9 Å². The van der Waals surface area contributed by atoms with Gasteiger partial charge in [-0.2, -0.15) is 0 Å². The highest BCUT2D eigenvalue weighted by atomic mass is 35.5. The Morgan fingerprint density at radius 3 is 1.27 bits per heavy atom. The summed E-state index contributed by atoms with van der Waals surface area (Å²) in [5.74, 6) is -1.36. The molecule has 0 bridgehead atoms. The minimum Gasteiger partial charge on any atom is -0.484 e. The van der Waals surface area contributed by atoms with E-state index in [0.717, 1.165) is 22.3 Å². The lowest BCUT2D eigenvalue weighted by molar-refractivity contribution is -0.139. The molecule has 0 heterocycles. The Kier molecular flexibility index (Phi) is 27.4. The summed E-state index contributed by atoms with van der Waals surface area (Å²) in [4.78, 5) is 53.7. The Balaban J connectivity index is 0.793. The summed E-state index contributed by atoms with van der Waals surface area (Å²) in [5.41, 5.74) is 2.70. The summed E-state index contributed by atoms with van der Waals surface area (Å²) < 4.78 is 91.9. The maximum Gasteiger partial charge on any atom is 0.303 e. The maximum absolute atomic E-state index is 13.0. The molecule has 86 heavy (non-hydrogen) atoms. The molecule has 2 aliphatic rings. The number of aliphatic carboxylic acids is 1. The van der Waals surface area contributed by atoms with Crippen molar-refractivity contribution >= 4 is 90.1 Å². The van der Waals surface area contributed by atoms with E-state index in [1.165, 1.54) is 24.3 Å². The topological polar surface area (TPSA) is 279 Å². The lowest BCUT2D eigenvalue weighted by atomic mass is 9.89. The van der Waals surface area contributed by atoms with Gasteiger partial charge in [-0.25, -0.2) is 26.3 Å². The lowest BCUT2D eigenvalue weighted by Crippen LogP contribution is -2.47. The molecule has 2 aliphatic carbocycles. The van der Waals surface area contributed by atoms with Gasteiger partial charge in [-0.3, -0.25) is 19.2 Å². The van der Waals surface area contributed by atoms with Crippen molar-refractivity contribution in [2.45, 2.75) is 97.9 Å². The number of carboxylic acids is 1. The molecule has 0 saturated heterocycles. The molecule has 0 aliphatic heterocycles. The molecule has 28 heteroatoms.